The van der Waals surface area contributed by atoms with E-state index in [9.17, 15) is 4.79 Å². The Hall–Kier alpha value is -2.57. The molecule has 7 nitrogen and oxygen atoms in total. The minimum absolute atomic E-state index is 0.00245. The van der Waals surface area contributed by atoms with Gasteiger partial charge < -0.3 is 19.9 Å². The molecule has 3 heterocycles. The van der Waals surface area contributed by atoms with Gasteiger partial charge in [-0.1, -0.05) is 19.0 Å². The number of piperidine rings is 1. The van der Waals surface area contributed by atoms with Gasteiger partial charge in [0.15, 0.2) is 0 Å². The average molecular weight is 344 g/mol. The number of aromatic nitrogens is 2. The third kappa shape index (κ3) is 3.45. The number of amides is 1. The Balaban J connectivity index is 1.66. The van der Waals surface area contributed by atoms with E-state index in [1.54, 1.807) is 25.4 Å². The summed E-state index contributed by atoms with van der Waals surface area (Å²) in [5, 5.41) is 4.18. The Morgan fingerprint density at radius 1 is 1.36 bits per heavy atom. The predicted molar refractivity (Wildman–Crippen MR) is 93.7 cm³/mol. The first-order valence-corrected chi connectivity index (χ1v) is 8.55. The van der Waals surface area contributed by atoms with Gasteiger partial charge in [-0.25, -0.2) is 4.98 Å². The van der Waals surface area contributed by atoms with Crippen LogP contribution in [0.15, 0.2) is 22.9 Å². The van der Waals surface area contributed by atoms with Gasteiger partial charge in [0.05, 0.1) is 18.4 Å². The van der Waals surface area contributed by atoms with Crippen molar-refractivity contribution in [2.45, 2.75) is 38.5 Å². The number of nitrogens with two attached hydrogens (primary N) is 1. The van der Waals surface area contributed by atoms with Crippen LogP contribution in [0.5, 0.6) is 5.88 Å². The van der Waals surface area contributed by atoms with Crippen molar-refractivity contribution in [1.29, 1.82) is 0 Å². The molecule has 25 heavy (non-hydrogen) atoms. The van der Waals surface area contributed by atoms with E-state index >= 15 is 0 Å². The van der Waals surface area contributed by atoms with E-state index in [4.69, 9.17) is 15.0 Å². The third-order valence-corrected chi connectivity index (χ3v) is 4.72. The molecule has 1 fully saturated rings. The number of pyridine rings is 1. The minimum Gasteiger partial charge on any atom is -0.481 e. The molecule has 134 valence electrons. The molecule has 0 spiro atoms. The van der Waals surface area contributed by atoms with E-state index in [0.717, 1.165) is 24.1 Å². The molecule has 1 saturated heterocycles. The summed E-state index contributed by atoms with van der Waals surface area (Å²) in [5.74, 6) is 1.45. The summed E-state index contributed by atoms with van der Waals surface area (Å²) >= 11 is 0. The summed E-state index contributed by atoms with van der Waals surface area (Å²) in [5.41, 5.74) is 8.44. The van der Waals surface area contributed by atoms with Crippen LogP contribution in [0, 0.1) is 0 Å². The molecule has 1 aliphatic rings. The molecule has 0 radical (unpaired) electrons. The quantitative estimate of drug-likeness (QED) is 0.916. The predicted octanol–water partition coefficient (Wildman–Crippen LogP) is 2.80. The Labute approximate surface area is 147 Å². The maximum atomic E-state index is 12.6. The fraction of sp³-hybridized carbons (Fsp3) is 0.500. The van der Waals surface area contributed by atoms with Gasteiger partial charge in [0, 0.05) is 36.8 Å². The number of carbonyl (C=O) groups excluding carboxylic acids is 1. The average Bonchev–Trinajstić information content (AvgIpc) is 3.03. The van der Waals surface area contributed by atoms with Crippen LogP contribution in [-0.4, -0.2) is 41.1 Å². The van der Waals surface area contributed by atoms with Crippen LogP contribution >= 0.6 is 0 Å². The van der Waals surface area contributed by atoms with Crippen molar-refractivity contribution in [1.82, 2.24) is 15.0 Å². The largest absolute Gasteiger partial charge is 0.481 e. The van der Waals surface area contributed by atoms with Crippen molar-refractivity contribution < 1.29 is 14.1 Å². The highest BCUT2D eigenvalue weighted by molar-refractivity contribution is 5.94. The molecule has 0 aliphatic carbocycles. The van der Waals surface area contributed by atoms with E-state index in [2.05, 4.69) is 24.0 Å². The smallest absolute Gasteiger partial charge is 0.255 e. The number of hydrogen-bond acceptors (Lipinski definition) is 6. The number of methoxy groups -OCH3 is 1. The van der Waals surface area contributed by atoms with Crippen LogP contribution < -0.4 is 10.5 Å². The molecule has 2 aromatic heterocycles. The van der Waals surface area contributed by atoms with E-state index in [0.29, 0.717) is 30.4 Å². The Morgan fingerprint density at radius 2 is 2.08 bits per heavy atom. The number of ether oxygens (including phenoxy) is 1. The van der Waals surface area contributed by atoms with Crippen molar-refractivity contribution in [2.24, 2.45) is 0 Å². The number of carbonyl (C=O) groups is 1. The zero-order valence-corrected chi connectivity index (χ0v) is 14.9. The maximum absolute atomic E-state index is 12.6. The Bertz CT molecular complexity index is 731. The molecule has 0 aromatic carbocycles. The summed E-state index contributed by atoms with van der Waals surface area (Å²) in [7, 11) is 1.55. The van der Waals surface area contributed by atoms with Gasteiger partial charge in [0.2, 0.25) is 11.8 Å². The van der Waals surface area contributed by atoms with Crippen LogP contribution in [0.4, 0.5) is 5.88 Å². The number of nitrogen functional groups attached to an aromatic ring is 1. The van der Waals surface area contributed by atoms with Gasteiger partial charge in [0.25, 0.3) is 5.91 Å². The van der Waals surface area contributed by atoms with Crippen LogP contribution in [0.25, 0.3) is 0 Å². The molecule has 0 saturated carbocycles. The lowest BCUT2D eigenvalue weighted by atomic mass is 9.88. The minimum atomic E-state index is -0.00245. The highest BCUT2D eigenvalue weighted by atomic mass is 16.5. The van der Waals surface area contributed by atoms with E-state index in [1.807, 2.05) is 4.90 Å². The van der Waals surface area contributed by atoms with E-state index in [1.165, 1.54) is 0 Å². The topological polar surface area (TPSA) is 94.5 Å². The second-order valence-electron chi connectivity index (χ2n) is 6.66. The van der Waals surface area contributed by atoms with Gasteiger partial charge in [-0.15, -0.1) is 0 Å². The van der Waals surface area contributed by atoms with Gasteiger partial charge >= 0.3 is 0 Å². The molecule has 1 aliphatic heterocycles. The van der Waals surface area contributed by atoms with E-state index < -0.39 is 0 Å². The van der Waals surface area contributed by atoms with E-state index in [-0.39, 0.29) is 17.7 Å². The molecule has 3 rings (SSSR count). The van der Waals surface area contributed by atoms with Crippen LogP contribution in [0.2, 0.25) is 0 Å². The zero-order valence-electron chi connectivity index (χ0n) is 14.9. The van der Waals surface area contributed by atoms with Crippen molar-refractivity contribution in [3.8, 4) is 5.88 Å². The van der Waals surface area contributed by atoms with Gasteiger partial charge in [0.1, 0.15) is 0 Å². The lowest BCUT2D eigenvalue weighted by Crippen LogP contribution is -2.38. The normalized spacial score (nSPS) is 15.6. The fourth-order valence-corrected chi connectivity index (χ4v) is 3.36. The highest BCUT2D eigenvalue weighted by Gasteiger charge is 2.30. The summed E-state index contributed by atoms with van der Waals surface area (Å²) in [4.78, 5) is 18.6. The van der Waals surface area contributed by atoms with Crippen molar-refractivity contribution in [3.63, 3.8) is 0 Å². The molecule has 1 amide bonds. The van der Waals surface area contributed by atoms with Crippen LogP contribution in [0.1, 0.15) is 60.1 Å². The molecule has 2 aromatic rings. The number of anilines is 1. The standard InChI is InChI=1S/C18H24N4O3/c1-11(2)15-16(21-25-17(15)19)12-6-8-22(9-7-12)18(23)13-4-5-14(24-3)20-10-13/h4-5,10-12H,6-9,19H2,1-3H3. The monoisotopic (exact) mass is 344 g/mol. The second kappa shape index (κ2) is 7.13. The summed E-state index contributed by atoms with van der Waals surface area (Å²) in [6.07, 6.45) is 3.25. The first-order valence-electron chi connectivity index (χ1n) is 8.55. The molecular formula is C18H24N4O3. The van der Waals surface area contributed by atoms with Crippen LogP contribution in [-0.2, 0) is 0 Å². The molecule has 0 unspecified atom stereocenters. The molecule has 7 heteroatoms. The first kappa shape index (κ1) is 17.3. The first-order chi connectivity index (χ1) is 12.0. The number of likely N-dealkylation sites (tertiary alicyclic amines) is 1. The van der Waals surface area contributed by atoms with Crippen molar-refractivity contribution in [2.75, 3.05) is 25.9 Å². The fourth-order valence-electron chi connectivity index (χ4n) is 3.36. The summed E-state index contributed by atoms with van der Waals surface area (Å²) < 4.78 is 10.2. The Kier molecular flexibility index (Phi) is 4.92. The van der Waals surface area contributed by atoms with Crippen LogP contribution in [0.3, 0.4) is 0 Å². The maximum Gasteiger partial charge on any atom is 0.255 e. The lowest BCUT2D eigenvalue weighted by molar-refractivity contribution is 0.0710. The van der Waals surface area contributed by atoms with Crippen molar-refractivity contribution >= 4 is 11.8 Å². The lowest BCUT2D eigenvalue weighted by Gasteiger charge is -2.31. The third-order valence-electron chi connectivity index (χ3n) is 4.72. The number of hydrogen-bond donors (Lipinski definition) is 1. The summed E-state index contributed by atoms with van der Waals surface area (Å²) in [6.45, 7) is 5.53. The number of nitrogens with zero attached hydrogens (tertiary/aromatic N) is 3. The molecule has 0 bridgehead atoms. The highest BCUT2D eigenvalue weighted by Crippen LogP contribution is 2.36. The van der Waals surface area contributed by atoms with Gasteiger partial charge in [-0.05, 0) is 24.8 Å². The number of rotatable bonds is 4. The Morgan fingerprint density at radius 3 is 2.64 bits per heavy atom. The SMILES string of the molecule is COc1ccc(C(=O)N2CCC(c3noc(N)c3C(C)C)CC2)cn1. The molecule has 0 atom stereocenters. The van der Waals surface area contributed by atoms with Gasteiger partial charge in [-0.3, -0.25) is 4.79 Å². The second-order valence-corrected chi connectivity index (χ2v) is 6.66. The summed E-state index contributed by atoms with van der Waals surface area (Å²) in [6, 6.07) is 3.45. The molecular weight excluding hydrogens is 320 g/mol. The zero-order chi connectivity index (χ0) is 18.0. The van der Waals surface area contributed by atoms with Gasteiger partial charge in [-0.2, -0.15) is 0 Å². The van der Waals surface area contributed by atoms with Crippen molar-refractivity contribution in [3.05, 3.63) is 35.2 Å². The molecule has 2 N–H and O–H groups in total.